The Morgan fingerprint density at radius 1 is 1.06 bits per heavy atom. The Morgan fingerprint density at radius 2 is 1.91 bits per heavy atom. The van der Waals surface area contributed by atoms with Gasteiger partial charge in [-0.2, -0.15) is 0 Å². The van der Waals surface area contributed by atoms with Gasteiger partial charge in [-0.05, 0) is 49.4 Å². The second kappa shape index (κ2) is 9.00. The normalized spacial score (nSPS) is 15.7. The lowest BCUT2D eigenvalue weighted by Gasteiger charge is -2.34. The topological polar surface area (TPSA) is 60.9 Å². The van der Waals surface area contributed by atoms with Crippen LogP contribution >= 0.6 is 0 Å². The van der Waals surface area contributed by atoms with Crippen molar-refractivity contribution in [1.29, 1.82) is 0 Å². The minimum Gasteiger partial charge on any atom is -0.369 e. The monoisotopic (exact) mass is 436 g/mol. The van der Waals surface area contributed by atoms with Gasteiger partial charge in [-0.15, -0.1) is 0 Å². The van der Waals surface area contributed by atoms with Crippen molar-refractivity contribution in [3.8, 4) is 11.1 Å². The number of hydrogen-bond donors (Lipinski definition) is 1. The van der Waals surface area contributed by atoms with Gasteiger partial charge in [-0.25, -0.2) is 15.0 Å². The predicted octanol–water partition coefficient (Wildman–Crippen LogP) is 4.89. The number of fused-ring (bicyclic) bond motifs is 2. The third-order valence-corrected chi connectivity index (χ3v) is 6.36. The zero-order valence-electron chi connectivity index (χ0n) is 19.1. The highest BCUT2D eigenvalue weighted by Crippen LogP contribution is 2.31. The number of piperazine rings is 1. The Kier molecular flexibility index (Phi) is 5.75. The van der Waals surface area contributed by atoms with E-state index in [1.807, 2.05) is 24.7 Å². The van der Waals surface area contributed by atoms with Crippen molar-refractivity contribution in [2.75, 3.05) is 33.2 Å². The first-order chi connectivity index (χ1) is 16.1. The number of H-pyrrole nitrogens is 1. The van der Waals surface area contributed by atoms with Gasteiger partial charge in [0.15, 0.2) is 0 Å². The summed E-state index contributed by atoms with van der Waals surface area (Å²) in [4.78, 5) is 21.2. The lowest BCUT2D eigenvalue weighted by Crippen LogP contribution is -2.43. The lowest BCUT2D eigenvalue weighted by atomic mass is 10.0. The molecule has 1 fully saturated rings. The molecule has 0 amide bonds. The third kappa shape index (κ3) is 4.30. The summed E-state index contributed by atoms with van der Waals surface area (Å²) in [5.74, 6) is 0. The second-order valence-electron chi connectivity index (χ2n) is 8.48. The fraction of sp³-hybridized carbons (Fsp3) is 0.222. The molecule has 0 atom stereocenters. The summed E-state index contributed by atoms with van der Waals surface area (Å²) in [5, 5.41) is 2.11. The van der Waals surface area contributed by atoms with Crippen LogP contribution in [0, 0.1) is 0 Å². The summed E-state index contributed by atoms with van der Waals surface area (Å²) in [6.07, 6.45) is 13.8. The molecule has 0 unspecified atom stereocenters. The Bertz CT molecular complexity index is 1370. The maximum atomic E-state index is 4.69. The van der Waals surface area contributed by atoms with E-state index in [9.17, 15) is 0 Å². The van der Waals surface area contributed by atoms with Crippen molar-refractivity contribution in [2.45, 2.75) is 6.92 Å². The molecular formula is C27H28N6. The highest BCUT2D eigenvalue weighted by molar-refractivity contribution is 5.97. The van der Waals surface area contributed by atoms with E-state index in [0.29, 0.717) is 0 Å². The van der Waals surface area contributed by atoms with Crippen molar-refractivity contribution in [1.82, 2.24) is 29.7 Å². The van der Waals surface area contributed by atoms with Gasteiger partial charge in [0.25, 0.3) is 0 Å². The Morgan fingerprint density at radius 3 is 2.73 bits per heavy atom. The summed E-state index contributed by atoms with van der Waals surface area (Å²) < 4.78 is 0. The summed E-state index contributed by atoms with van der Waals surface area (Å²) in [6.45, 7) is 10.5. The van der Waals surface area contributed by atoms with Crippen LogP contribution in [-0.2, 0) is 0 Å². The highest BCUT2D eigenvalue weighted by atomic mass is 15.2. The Hall–Kier alpha value is -3.77. The fourth-order valence-corrected chi connectivity index (χ4v) is 4.30. The summed E-state index contributed by atoms with van der Waals surface area (Å²) in [5.41, 5.74) is 7.30. The highest BCUT2D eigenvalue weighted by Gasteiger charge is 2.14. The molecule has 1 aromatic carbocycles. The number of aromatic amines is 1. The van der Waals surface area contributed by atoms with E-state index in [1.165, 1.54) is 0 Å². The Labute approximate surface area is 194 Å². The summed E-state index contributed by atoms with van der Waals surface area (Å²) in [7, 11) is 2.16. The molecule has 6 nitrogen and oxygen atoms in total. The molecule has 1 aliphatic heterocycles. The van der Waals surface area contributed by atoms with Crippen LogP contribution in [0.3, 0.4) is 0 Å². The van der Waals surface area contributed by atoms with E-state index in [-0.39, 0.29) is 0 Å². The largest absolute Gasteiger partial charge is 0.369 e. The zero-order chi connectivity index (χ0) is 22.8. The van der Waals surface area contributed by atoms with Gasteiger partial charge in [0.05, 0.1) is 5.52 Å². The van der Waals surface area contributed by atoms with E-state index >= 15 is 0 Å². The molecule has 3 aromatic heterocycles. The molecule has 4 aromatic rings. The third-order valence-electron chi connectivity index (χ3n) is 6.36. The van der Waals surface area contributed by atoms with E-state index in [4.69, 9.17) is 4.98 Å². The summed E-state index contributed by atoms with van der Waals surface area (Å²) >= 11 is 0. The van der Waals surface area contributed by atoms with Crippen LogP contribution in [0.1, 0.15) is 12.5 Å². The molecule has 1 aliphatic rings. The van der Waals surface area contributed by atoms with Crippen LogP contribution in [0.4, 0.5) is 0 Å². The summed E-state index contributed by atoms with van der Waals surface area (Å²) in [6, 6.07) is 8.47. The van der Waals surface area contributed by atoms with Crippen LogP contribution < -0.4 is 0 Å². The van der Waals surface area contributed by atoms with E-state index in [0.717, 1.165) is 76.1 Å². The lowest BCUT2D eigenvalue weighted by molar-refractivity contribution is 0.190. The molecule has 6 heteroatoms. The first-order valence-electron chi connectivity index (χ1n) is 11.3. The quantitative estimate of drug-likeness (QED) is 0.451. The van der Waals surface area contributed by atoms with E-state index in [2.05, 4.69) is 81.7 Å². The van der Waals surface area contributed by atoms with Crippen molar-refractivity contribution >= 4 is 27.5 Å². The molecule has 0 radical (unpaired) electrons. The standard InChI is InChI=1S/C27H28N6/c1-4-20(6-5-19(2)33-11-9-32(3)10-12-33)22-14-24-25(17-30-27(24)29-16-22)21-7-8-26-23(13-21)15-28-18-31-26/h4-8,13-18H,2,9-12H2,1,3H3,(H,29,30)/b6-5-,20-4+. The number of rotatable bonds is 5. The fourth-order valence-electron chi connectivity index (χ4n) is 4.30. The van der Waals surface area contributed by atoms with Gasteiger partial charge in [0, 0.05) is 72.4 Å². The zero-order valence-corrected chi connectivity index (χ0v) is 19.1. The molecule has 0 bridgehead atoms. The van der Waals surface area contributed by atoms with E-state index in [1.54, 1.807) is 6.33 Å². The molecule has 0 spiro atoms. The molecule has 5 rings (SSSR count). The van der Waals surface area contributed by atoms with Gasteiger partial charge >= 0.3 is 0 Å². The first kappa shape index (κ1) is 21.1. The number of pyridine rings is 1. The van der Waals surface area contributed by atoms with Crippen molar-refractivity contribution in [3.63, 3.8) is 0 Å². The number of nitrogens with one attached hydrogen (secondary N) is 1. The van der Waals surface area contributed by atoms with Crippen molar-refractivity contribution in [2.24, 2.45) is 0 Å². The number of allylic oxidation sites excluding steroid dienone is 4. The van der Waals surface area contributed by atoms with Crippen LogP contribution in [0.25, 0.3) is 38.6 Å². The number of aromatic nitrogens is 4. The molecule has 1 N–H and O–H groups in total. The number of likely N-dealkylation sites (N-methyl/N-ethyl adjacent to an activating group) is 1. The van der Waals surface area contributed by atoms with E-state index < -0.39 is 0 Å². The van der Waals surface area contributed by atoms with Crippen LogP contribution in [-0.4, -0.2) is 63.0 Å². The maximum absolute atomic E-state index is 4.69. The average molecular weight is 437 g/mol. The van der Waals surface area contributed by atoms with Gasteiger partial charge in [-0.1, -0.05) is 24.8 Å². The minimum atomic E-state index is 0.874. The van der Waals surface area contributed by atoms with Gasteiger partial charge < -0.3 is 14.8 Å². The number of nitrogens with zero attached hydrogens (tertiary/aromatic N) is 5. The average Bonchev–Trinajstić information content (AvgIpc) is 3.28. The second-order valence-corrected chi connectivity index (χ2v) is 8.48. The minimum absolute atomic E-state index is 0.874. The first-order valence-corrected chi connectivity index (χ1v) is 11.3. The molecule has 166 valence electrons. The van der Waals surface area contributed by atoms with Crippen LogP contribution in [0.5, 0.6) is 0 Å². The Balaban J connectivity index is 1.44. The predicted molar refractivity (Wildman–Crippen MR) is 136 cm³/mol. The van der Waals surface area contributed by atoms with Gasteiger partial charge in [0.2, 0.25) is 0 Å². The molecule has 0 saturated carbocycles. The van der Waals surface area contributed by atoms with Crippen LogP contribution in [0.15, 0.2) is 79.7 Å². The smallest absolute Gasteiger partial charge is 0.137 e. The maximum Gasteiger partial charge on any atom is 0.137 e. The molecule has 1 saturated heterocycles. The SMILES string of the molecule is C=C(/C=C\C(=C/C)c1cnc2[nH]cc(-c3ccc4ncncc4c3)c2c1)N1CCN(C)CC1. The molecule has 0 aliphatic carbocycles. The number of hydrogen-bond acceptors (Lipinski definition) is 5. The number of benzene rings is 1. The van der Waals surface area contributed by atoms with Gasteiger partial charge in [0.1, 0.15) is 12.0 Å². The molecule has 33 heavy (non-hydrogen) atoms. The molecular weight excluding hydrogens is 408 g/mol. The van der Waals surface area contributed by atoms with Crippen LogP contribution in [0.2, 0.25) is 0 Å². The van der Waals surface area contributed by atoms with Gasteiger partial charge in [-0.3, -0.25) is 0 Å². The molecule has 4 heterocycles. The van der Waals surface area contributed by atoms with Crippen molar-refractivity contribution < 1.29 is 0 Å². The van der Waals surface area contributed by atoms with Crippen molar-refractivity contribution in [3.05, 3.63) is 85.3 Å².